The van der Waals surface area contributed by atoms with E-state index in [2.05, 4.69) is 12.2 Å². The van der Waals surface area contributed by atoms with E-state index in [0.29, 0.717) is 19.6 Å². The topological polar surface area (TPSA) is 38.3 Å². The maximum absolute atomic E-state index is 11.8. The second-order valence-corrected chi connectivity index (χ2v) is 5.25. The van der Waals surface area contributed by atoms with Crippen LogP contribution in [0.2, 0.25) is 0 Å². The number of carbonyl (C=O) groups excluding carboxylic acids is 1. The highest BCUT2D eigenvalue weighted by molar-refractivity contribution is 5.83. The van der Waals surface area contributed by atoms with Crippen LogP contribution in [0, 0.1) is 0 Å². The van der Waals surface area contributed by atoms with Crippen LogP contribution < -0.4 is 5.32 Å². The van der Waals surface area contributed by atoms with Gasteiger partial charge in [-0.2, -0.15) is 0 Å². The van der Waals surface area contributed by atoms with Crippen LogP contribution >= 0.6 is 0 Å². The van der Waals surface area contributed by atoms with E-state index in [1.54, 1.807) is 0 Å². The Hall–Kier alpha value is -0.410. The third-order valence-electron chi connectivity index (χ3n) is 3.56. The van der Waals surface area contributed by atoms with E-state index in [9.17, 15) is 4.79 Å². The first-order valence-electron chi connectivity index (χ1n) is 7.69. The lowest BCUT2D eigenvalue weighted by Gasteiger charge is -2.22. The van der Waals surface area contributed by atoms with Gasteiger partial charge in [0.15, 0.2) is 5.78 Å². The lowest BCUT2D eigenvalue weighted by Crippen LogP contribution is -2.43. The van der Waals surface area contributed by atoms with E-state index in [1.165, 1.54) is 44.9 Å². The molecular weight excluding hydrogens is 226 g/mol. The molecule has 0 aromatic rings. The van der Waals surface area contributed by atoms with Crippen LogP contribution in [0.1, 0.15) is 64.7 Å². The number of hydrogen-bond acceptors (Lipinski definition) is 3. The Kier molecular flexibility index (Phi) is 9.13. The zero-order chi connectivity index (χ0) is 13.1. The van der Waals surface area contributed by atoms with Crippen molar-refractivity contribution < 1.29 is 9.53 Å². The monoisotopic (exact) mass is 255 g/mol. The smallest absolute Gasteiger partial charge is 0.162 e. The molecule has 1 atom stereocenters. The van der Waals surface area contributed by atoms with Crippen molar-refractivity contribution in [2.24, 2.45) is 0 Å². The van der Waals surface area contributed by atoms with Gasteiger partial charge >= 0.3 is 0 Å². The average Bonchev–Trinajstić information content (AvgIpc) is 2.42. The maximum atomic E-state index is 11.8. The molecule has 3 nitrogen and oxygen atoms in total. The summed E-state index contributed by atoms with van der Waals surface area (Å²) in [5.74, 6) is 0.285. The van der Waals surface area contributed by atoms with Gasteiger partial charge in [0.25, 0.3) is 0 Å². The standard InChI is InChI=1S/C15H29NO2/c1-2-3-4-5-6-7-8-9-10-14(17)15-13-16-11-12-18-15/h15-16H,2-13H2,1H3. The zero-order valence-corrected chi connectivity index (χ0v) is 11.9. The normalized spacial score (nSPS) is 19.9. The summed E-state index contributed by atoms with van der Waals surface area (Å²) < 4.78 is 5.45. The number of hydrogen-bond donors (Lipinski definition) is 1. The summed E-state index contributed by atoms with van der Waals surface area (Å²) in [6.45, 7) is 4.50. The van der Waals surface area contributed by atoms with E-state index in [4.69, 9.17) is 4.74 Å². The van der Waals surface area contributed by atoms with Gasteiger partial charge in [-0.1, -0.05) is 51.9 Å². The second-order valence-electron chi connectivity index (χ2n) is 5.25. The molecule has 0 saturated carbocycles. The molecule has 1 saturated heterocycles. The molecule has 0 amide bonds. The molecule has 0 aromatic heterocycles. The summed E-state index contributed by atoms with van der Waals surface area (Å²) in [5.41, 5.74) is 0. The van der Waals surface area contributed by atoms with E-state index in [0.717, 1.165) is 13.0 Å². The van der Waals surface area contributed by atoms with Gasteiger partial charge in [-0.15, -0.1) is 0 Å². The molecule has 1 unspecified atom stereocenters. The summed E-state index contributed by atoms with van der Waals surface area (Å²) in [5, 5.41) is 3.20. The molecular formula is C15H29NO2. The summed E-state index contributed by atoms with van der Waals surface area (Å²) in [6, 6.07) is 0. The molecule has 1 rings (SSSR count). The molecule has 0 radical (unpaired) electrons. The van der Waals surface area contributed by atoms with E-state index >= 15 is 0 Å². The molecule has 0 aromatic carbocycles. The van der Waals surface area contributed by atoms with Crippen molar-refractivity contribution in [3.05, 3.63) is 0 Å². The van der Waals surface area contributed by atoms with E-state index in [-0.39, 0.29) is 11.9 Å². The summed E-state index contributed by atoms with van der Waals surface area (Å²) in [6.07, 6.45) is 10.8. The van der Waals surface area contributed by atoms with Crippen molar-refractivity contribution >= 4 is 5.78 Å². The molecule has 1 fully saturated rings. The predicted octanol–water partition coefficient (Wildman–Crippen LogP) is 3.07. The van der Waals surface area contributed by atoms with Gasteiger partial charge in [0.1, 0.15) is 6.10 Å². The molecule has 0 aliphatic carbocycles. The molecule has 1 heterocycles. The number of unbranched alkanes of at least 4 members (excludes halogenated alkanes) is 7. The number of rotatable bonds is 10. The fourth-order valence-electron chi connectivity index (χ4n) is 2.37. The number of carbonyl (C=O) groups is 1. The van der Waals surface area contributed by atoms with Gasteiger partial charge in [0.05, 0.1) is 6.61 Å². The van der Waals surface area contributed by atoms with Crippen molar-refractivity contribution in [1.82, 2.24) is 5.32 Å². The molecule has 1 aliphatic heterocycles. The van der Waals surface area contributed by atoms with Gasteiger partial charge in [-0.25, -0.2) is 0 Å². The first kappa shape index (κ1) is 15.6. The van der Waals surface area contributed by atoms with Crippen LogP contribution in [0.15, 0.2) is 0 Å². The van der Waals surface area contributed by atoms with Crippen LogP contribution in [-0.2, 0) is 9.53 Å². The minimum absolute atomic E-state index is 0.177. The maximum Gasteiger partial charge on any atom is 0.162 e. The van der Waals surface area contributed by atoms with Gasteiger partial charge in [0.2, 0.25) is 0 Å². The molecule has 0 bridgehead atoms. The molecule has 106 valence electrons. The largest absolute Gasteiger partial charge is 0.368 e. The first-order chi connectivity index (χ1) is 8.84. The fraction of sp³-hybridized carbons (Fsp3) is 0.933. The van der Waals surface area contributed by atoms with Crippen LogP contribution in [0.3, 0.4) is 0 Å². The quantitative estimate of drug-likeness (QED) is 0.610. The number of nitrogens with one attached hydrogen (secondary N) is 1. The third-order valence-corrected chi connectivity index (χ3v) is 3.56. The lowest BCUT2D eigenvalue weighted by atomic mass is 10.0. The van der Waals surface area contributed by atoms with Crippen LogP contribution in [0.25, 0.3) is 0 Å². The SMILES string of the molecule is CCCCCCCCCCC(=O)C1CNCCO1. The predicted molar refractivity (Wildman–Crippen MR) is 74.8 cm³/mol. The van der Waals surface area contributed by atoms with Gasteiger partial charge < -0.3 is 10.1 Å². The number of ketones is 1. The summed E-state index contributed by atoms with van der Waals surface area (Å²) in [4.78, 5) is 11.8. The number of morpholine rings is 1. The molecule has 18 heavy (non-hydrogen) atoms. The molecule has 1 aliphatic rings. The van der Waals surface area contributed by atoms with E-state index in [1.807, 2.05) is 0 Å². The van der Waals surface area contributed by atoms with Gasteiger partial charge in [-0.3, -0.25) is 4.79 Å². The third kappa shape index (κ3) is 7.12. The fourth-order valence-corrected chi connectivity index (χ4v) is 2.37. The highest BCUT2D eigenvalue weighted by Gasteiger charge is 2.20. The van der Waals surface area contributed by atoms with Crippen LogP contribution in [-0.4, -0.2) is 31.6 Å². The Morgan fingerprint density at radius 2 is 1.78 bits per heavy atom. The minimum atomic E-state index is -0.177. The Morgan fingerprint density at radius 3 is 2.39 bits per heavy atom. The Bertz CT molecular complexity index is 213. The molecule has 1 N–H and O–H groups in total. The van der Waals surface area contributed by atoms with Crippen LogP contribution in [0.5, 0.6) is 0 Å². The van der Waals surface area contributed by atoms with Crippen molar-refractivity contribution in [1.29, 1.82) is 0 Å². The van der Waals surface area contributed by atoms with E-state index < -0.39 is 0 Å². The summed E-state index contributed by atoms with van der Waals surface area (Å²) in [7, 11) is 0. The van der Waals surface area contributed by atoms with Crippen molar-refractivity contribution in [3.63, 3.8) is 0 Å². The van der Waals surface area contributed by atoms with Gasteiger partial charge in [0, 0.05) is 19.5 Å². The zero-order valence-electron chi connectivity index (χ0n) is 11.9. The Labute approximate surface area is 112 Å². The Balaban J connectivity index is 1.89. The highest BCUT2D eigenvalue weighted by atomic mass is 16.5. The second kappa shape index (κ2) is 10.5. The van der Waals surface area contributed by atoms with Crippen molar-refractivity contribution in [2.45, 2.75) is 70.8 Å². The lowest BCUT2D eigenvalue weighted by molar-refractivity contribution is -0.132. The van der Waals surface area contributed by atoms with Crippen molar-refractivity contribution in [2.75, 3.05) is 19.7 Å². The average molecular weight is 255 g/mol. The highest BCUT2D eigenvalue weighted by Crippen LogP contribution is 2.11. The molecule has 0 spiro atoms. The number of Topliss-reactive ketones (excluding diaryl/α,β-unsaturated/α-hetero) is 1. The molecule has 3 heteroatoms. The van der Waals surface area contributed by atoms with Crippen molar-refractivity contribution in [3.8, 4) is 0 Å². The van der Waals surface area contributed by atoms with Crippen LogP contribution in [0.4, 0.5) is 0 Å². The Morgan fingerprint density at radius 1 is 1.11 bits per heavy atom. The van der Waals surface area contributed by atoms with Gasteiger partial charge in [-0.05, 0) is 6.42 Å². The first-order valence-corrected chi connectivity index (χ1v) is 7.69. The summed E-state index contributed by atoms with van der Waals surface area (Å²) >= 11 is 0. The minimum Gasteiger partial charge on any atom is -0.368 e. The number of ether oxygens (including phenoxy) is 1.